The number of nitrogens with one attached hydrogen (secondary N) is 1. The number of rotatable bonds is 6. The maximum Gasteiger partial charge on any atom is 0.263 e. The number of aryl methyl sites for hydroxylation is 2. The number of ether oxygens (including phenoxy) is 1. The highest BCUT2D eigenvalue weighted by atomic mass is 35.5. The predicted octanol–water partition coefficient (Wildman–Crippen LogP) is 4.32. The fraction of sp³-hybridized carbons (Fsp3) is 0.211. The van der Waals surface area contributed by atoms with Gasteiger partial charge in [-0.2, -0.15) is 0 Å². The molecule has 5 nitrogen and oxygen atoms in total. The molecular formula is C19H18ClN3O2S. The van der Waals surface area contributed by atoms with Gasteiger partial charge in [-0.25, -0.2) is 4.98 Å². The van der Waals surface area contributed by atoms with Crippen LogP contribution in [0.15, 0.2) is 42.6 Å². The molecule has 1 aromatic carbocycles. The van der Waals surface area contributed by atoms with Gasteiger partial charge in [-0.05, 0) is 37.6 Å². The summed E-state index contributed by atoms with van der Waals surface area (Å²) >= 11 is 7.44. The van der Waals surface area contributed by atoms with Crippen molar-refractivity contribution in [2.75, 3.05) is 0 Å². The molecule has 0 aliphatic carbocycles. The second-order valence-electron chi connectivity index (χ2n) is 5.72. The van der Waals surface area contributed by atoms with Gasteiger partial charge in [0.15, 0.2) is 0 Å². The largest absolute Gasteiger partial charge is 0.485 e. The average molecular weight is 388 g/mol. The van der Waals surface area contributed by atoms with E-state index in [-0.39, 0.29) is 5.91 Å². The SMILES string of the molecule is Cc1ccc(OCc2nc(C)c(C(=O)NCc3ccccc3Cl)s2)cn1. The standard InChI is InChI=1S/C19H18ClN3O2S/c1-12-7-8-15(10-21-12)25-11-17-23-13(2)18(26-17)19(24)22-9-14-5-3-4-6-16(14)20/h3-8,10H,9,11H2,1-2H3,(H,22,24). The third kappa shape index (κ3) is 4.59. The lowest BCUT2D eigenvalue weighted by Gasteiger charge is -2.06. The van der Waals surface area contributed by atoms with Gasteiger partial charge in [-0.1, -0.05) is 29.8 Å². The molecule has 26 heavy (non-hydrogen) atoms. The summed E-state index contributed by atoms with van der Waals surface area (Å²) in [5.74, 6) is 0.511. The minimum atomic E-state index is -0.164. The van der Waals surface area contributed by atoms with E-state index in [0.29, 0.717) is 34.5 Å². The Bertz CT molecular complexity index is 909. The van der Waals surface area contributed by atoms with E-state index in [9.17, 15) is 4.79 Å². The van der Waals surface area contributed by atoms with Crippen LogP contribution in [0.2, 0.25) is 5.02 Å². The predicted molar refractivity (Wildman–Crippen MR) is 103 cm³/mol. The highest BCUT2D eigenvalue weighted by molar-refractivity contribution is 7.13. The number of carbonyl (C=O) groups is 1. The van der Waals surface area contributed by atoms with Gasteiger partial charge in [0.2, 0.25) is 0 Å². The fourth-order valence-electron chi connectivity index (χ4n) is 2.31. The first-order valence-corrected chi connectivity index (χ1v) is 9.26. The summed E-state index contributed by atoms with van der Waals surface area (Å²) in [4.78, 5) is 21.6. The van der Waals surface area contributed by atoms with Crippen molar-refractivity contribution < 1.29 is 9.53 Å². The molecule has 7 heteroatoms. The molecule has 3 aromatic rings. The topological polar surface area (TPSA) is 64.1 Å². The van der Waals surface area contributed by atoms with Crippen LogP contribution in [-0.2, 0) is 13.2 Å². The van der Waals surface area contributed by atoms with Crippen LogP contribution in [-0.4, -0.2) is 15.9 Å². The Morgan fingerprint density at radius 3 is 2.77 bits per heavy atom. The van der Waals surface area contributed by atoms with Crippen molar-refractivity contribution in [1.82, 2.24) is 15.3 Å². The summed E-state index contributed by atoms with van der Waals surface area (Å²) in [6, 6.07) is 11.2. The summed E-state index contributed by atoms with van der Waals surface area (Å²) < 4.78 is 5.68. The molecule has 2 heterocycles. The molecule has 3 rings (SSSR count). The molecule has 0 unspecified atom stereocenters. The summed E-state index contributed by atoms with van der Waals surface area (Å²) in [6.07, 6.45) is 1.67. The second-order valence-corrected chi connectivity index (χ2v) is 7.21. The molecule has 0 saturated carbocycles. The van der Waals surface area contributed by atoms with E-state index in [1.165, 1.54) is 11.3 Å². The molecule has 0 spiro atoms. The van der Waals surface area contributed by atoms with Gasteiger partial charge in [0, 0.05) is 17.3 Å². The lowest BCUT2D eigenvalue weighted by molar-refractivity contribution is 0.0954. The first-order valence-electron chi connectivity index (χ1n) is 8.06. The van der Waals surface area contributed by atoms with Crippen LogP contribution in [0, 0.1) is 13.8 Å². The monoisotopic (exact) mass is 387 g/mol. The third-order valence-electron chi connectivity index (χ3n) is 3.69. The van der Waals surface area contributed by atoms with Crippen molar-refractivity contribution in [1.29, 1.82) is 0 Å². The maximum atomic E-state index is 12.4. The van der Waals surface area contributed by atoms with Gasteiger partial charge in [0.25, 0.3) is 5.91 Å². The molecule has 0 saturated heterocycles. The Balaban J connectivity index is 1.61. The van der Waals surface area contributed by atoms with Crippen molar-refractivity contribution in [3.05, 3.63) is 74.5 Å². The van der Waals surface area contributed by atoms with E-state index in [4.69, 9.17) is 16.3 Å². The zero-order valence-corrected chi connectivity index (χ0v) is 16.0. The minimum Gasteiger partial charge on any atom is -0.485 e. The van der Waals surface area contributed by atoms with Crippen molar-refractivity contribution in [2.24, 2.45) is 0 Å². The van der Waals surface area contributed by atoms with Crippen molar-refractivity contribution in [2.45, 2.75) is 27.0 Å². The molecule has 0 aliphatic rings. The summed E-state index contributed by atoms with van der Waals surface area (Å²) in [7, 11) is 0. The molecule has 134 valence electrons. The van der Waals surface area contributed by atoms with Crippen LogP contribution in [0.5, 0.6) is 5.75 Å². The van der Waals surface area contributed by atoms with E-state index in [1.807, 2.05) is 44.2 Å². The molecule has 0 fully saturated rings. The van der Waals surface area contributed by atoms with E-state index in [0.717, 1.165) is 16.3 Å². The van der Waals surface area contributed by atoms with Crippen LogP contribution >= 0.6 is 22.9 Å². The summed E-state index contributed by atoms with van der Waals surface area (Å²) in [6.45, 7) is 4.41. The zero-order valence-electron chi connectivity index (χ0n) is 14.5. The highest BCUT2D eigenvalue weighted by Crippen LogP contribution is 2.21. The number of thiazole rings is 1. The van der Waals surface area contributed by atoms with Gasteiger partial charge in [0.1, 0.15) is 22.2 Å². The number of nitrogens with zero attached hydrogens (tertiary/aromatic N) is 2. The lowest BCUT2D eigenvalue weighted by atomic mass is 10.2. The van der Waals surface area contributed by atoms with E-state index in [2.05, 4.69) is 15.3 Å². The summed E-state index contributed by atoms with van der Waals surface area (Å²) in [5.41, 5.74) is 2.49. The minimum absolute atomic E-state index is 0.164. The lowest BCUT2D eigenvalue weighted by Crippen LogP contribution is -2.22. The maximum absolute atomic E-state index is 12.4. The Kier molecular flexibility index (Phi) is 5.85. The van der Waals surface area contributed by atoms with Crippen LogP contribution in [0.25, 0.3) is 0 Å². The molecule has 0 atom stereocenters. The normalized spacial score (nSPS) is 10.6. The Morgan fingerprint density at radius 1 is 1.23 bits per heavy atom. The van der Waals surface area contributed by atoms with Crippen LogP contribution in [0.1, 0.15) is 31.6 Å². The summed E-state index contributed by atoms with van der Waals surface area (Å²) in [5, 5.41) is 4.26. The molecule has 1 amide bonds. The van der Waals surface area contributed by atoms with Crippen LogP contribution in [0.3, 0.4) is 0 Å². The molecular weight excluding hydrogens is 370 g/mol. The van der Waals surface area contributed by atoms with Crippen molar-refractivity contribution in [3.63, 3.8) is 0 Å². The number of hydrogen-bond donors (Lipinski definition) is 1. The molecule has 0 radical (unpaired) electrons. The van der Waals surface area contributed by atoms with Crippen molar-refractivity contribution in [3.8, 4) is 5.75 Å². The first-order chi connectivity index (χ1) is 12.5. The Hall–Kier alpha value is -2.44. The van der Waals surface area contributed by atoms with Gasteiger partial charge in [0.05, 0.1) is 11.9 Å². The number of amides is 1. The smallest absolute Gasteiger partial charge is 0.263 e. The second kappa shape index (κ2) is 8.29. The van der Waals surface area contributed by atoms with Crippen LogP contribution in [0.4, 0.5) is 0 Å². The number of pyridine rings is 1. The van der Waals surface area contributed by atoms with Gasteiger partial charge in [-0.15, -0.1) is 11.3 Å². The average Bonchev–Trinajstić information content (AvgIpc) is 3.01. The number of hydrogen-bond acceptors (Lipinski definition) is 5. The number of aromatic nitrogens is 2. The molecule has 0 bridgehead atoms. The van der Waals surface area contributed by atoms with E-state index >= 15 is 0 Å². The van der Waals surface area contributed by atoms with E-state index in [1.54, 1.807) is 12.3 Å². The highest BCUT2D eigenvalue weighted by Gasteiger charge is 2.16. The van der Waals surface area contributed by atoms with Gasteiger partial charge >= 0.3 is 0 Å². The Morgan fingerprint density at radius 2 is 2.04 bits per heavy atom. The zero-order chi connectivity index (χ0) is 18.5. The van der Waals surface area contributed by atoms with E-state index < -0.39 is 0 Å². The van der Waals surface area contributed by atoms with Gasteiger partial charge < -0.3 is 10.1 Å². The molecule has 0 aliphatic heterocycles. The number of benzene rings is 1. The van der Waals surface area contributed by atoms with Crippen molar-refractivity contribution >= 4 is 28.8 Å². The third-order valence-corrected chi connectivity index (χ3v) is 5.19. The van der Waals surface area contributed by atoms with Crippen LogP contribution < -0.4 is 10.1 Å². The van der Waals surface area contributed by atoms with Gasteiger partial charge in [-0.3, -0.25) is 9.78 Å². The quantitative estimate of drug-likeness (QED) is 0.684. The Labute approximate surface area is 161 Å². The number of halogens is 1. The molecule has 1 N–H and O–H groups in total. The fourth-order valence-corrected chi connectivity index (χ4v) is 3.40. The number of carbonyl (C=O) groups excluding carboxylic acids is 1. The molecule has 2 aromatic heterocycles. The first kappa shape index (κ1) is 18.4.